The number of anilines is 1. The molecule has 2 N–H and O–H groups in total. The quantitative estimate of drug-likeness (QED) is 0.827. The first-order chi connectivity index (χ1) is 7.48. The summed E-state index contributed by atoms with van der Waals surface area (Å²) in [6, 6.07) is 0.239. The Kier molecular flexibility index (Phi) is 4.32. The van der Waals surface area contributed by atoms with Crippen LogP contribution < -0.4 is 10.1 Å². The van der Waals surface area contributed by atoms with Crippen LogP contribution in [0.25, 0.3) is 0 Å². The molecule has 1 heterocycles. The van der Waals surface area contributed by atoms with Crippen molar-refractivity contribution in [2.45, 2.75) is 25.9 Å². The minimum atomic E-state index is -0.790. The molecule has 1 rings (SSSR count). The topological polar surface area (TPSA) is 67.3 Å². The van der Waals surface area contributed by atoms with Crippen LogP contribution in [0.15, 0.2) is 6.20 Å². The number of aliphatic hydroxyl groups is 1. The summed E-state index contributed by atoms with van der Waals surface area (Å²) >= 11 is 5.90. The zero-order valence-electron chi connectivity index (χ0n) is 9.62. The van der Waals surface area contributed by atoms with Crippen molar-refractivity contribution >= 4 is 17.4 Å². The van der Waals surface area contributed by atoms with Gasteiger partial charge < -0.3 is 15.2 Å². The van der Waals surface area contributed by atoms with Gasteiger partial charge in [0.25, 0.3) is 0 Å². The van der Waals surface area contributed by atoms with Gasteiger partial charge in [-0.3, -0.25) is 0 Å². The van der Waals surface area contributed by atoms with Crippen LogP contribution in [0.3, 0.4) is 0 Å². The third-order valence-corrected chi connectivity index (χ3v) is 2.58. The summed E-state index contributed by atoms with van der Waals surface area (Å²) in [5, 5.41) is 13.2. The molecular weight excluding hydrogens is 230 g/mol. The lowest BCUT2D eigenvalue weighted by molar-refractivity contribution is 0.0696. The molecule has 5 nitrogen and oxygen atoms in total. The maximum absolute atomic E-state index is 9.82. The van der Waals surface area contributed by atoms with Gasteiger partial charge in [0.2, 0.25) is 0 Å². The first kappa shape index (κ1) is 13.0. The van der Waals surface area contributed by atoms with Crippen molar-refractivity contribution in [3.05, 3.63) is 11.2 Å². The van der Waals surface area contributed by atoms with Crippen LogP contribution in [0.5, 0.6) is 6.01 Å². The van der Waals surface area contributed by atoms with E-state index in [1.165, 1.54) is 13.3 Å². The maximum atomic E-state index is 9.82. The molecule has 1 aromatic rings. The van der Waals surface area contributed by atoms with Gasteiger partial charge in [0.15, 0.2) is 5.82 Å². The summed E-state index contributed by atoms with van der Waals surface area (Å²) in [7, 11) is 1.48. The molecule has 0 aliphatic heterocycles. The maximum Gasteiger partial charge on any atom is 0.318 e. The highest BCUT2D eigenvalue weighted by Crippen LogP contribution is 2.21. The van der Waals surface area contributed by atoms with E-state index in [2.05, 4.69) is 15.3 Å². The predicted molar refractivity (Wildman–Crippen MR) is 63.0 cm³/mol. The highest BCUT2D eigenvalue weighted by atomic mass is 35.5. The summed E-state index contributed by atoms with van der Waals surface area (Å²) in [6.07, 6.45) is 2.09. The van der Waals surface area contributed by atoms with Crippen LogP contribution in [0.2, 0.25) is 5.02 Å². The highest BCUT2D eigenvalue weighted by Gasteiger charge is 2.18. The molecule has 0 aliphatic rings. The molecule has 6 heteroatoms. The van der Waals surface area contributed by atoms with Gasteiger partial charge in [0, 0.05) is 6.54 Å². The van der Waals surface area contributed by atoms with Gasteiger partial charge in [0.1, 0.15) is 5.02 Å². The second kappa shape index (κ2) is 5.32. The molecule has 0 spiro atoms. The fourth-order valence-electron chi connectivity index (χ4n) is 0.972. The van der Waals surface area contributed by atoms with E-state index in [0.29, 0.717) is 23.8 Å². The van der Waals surface area contributed by atoms with Gasteiger partial charge in [-0.2, -0.15) is 4.98 Å². The number of aromatic nitrogens is 2. The molecule has 0 fully saturated rings. The van der Waals surface area contributed by atoms with Gasteiger partial charge in [0.05, 0.1) is 18.9 Å². The monoisotopic (exact) mass is 245 g/mol. The van der Waals surface area contributed by atoms with Crippen molar-refractivity contribution in [2.24, 2.45) is 0 Å². The standard InChI is InChI=1S/C10H16ClN3O2/c1-4-10(2,15)6-13-8-7(11)5-12-9(14-8)16-3/h5,15H,4,6H2,1-3H3,(H,12,13,14). The number of methoxy groups -OCH3 is 1. The molecule has 90 valence electrons. The first-order valence-corrected chi connectivity index (χ1v) is 5.39. The molecule has 0 saturated heterocycles. The third kappa shape index (κ3) is 3.50. The Bertz CT molecular complexity index is 358. The highest BCUT2D eigenvalue weighted by molar-refractivity contribution is 6.32. The lowest BCUT2D eigenvalue weighted by Crippen LogP contribution is -2.32. The Morgan fingerprint density at radius 1 is 1.62 bits per heavy atom. The van der Waals surface area contributed by atoms with Crippen LogP contribution in [0, 0.1) is 0 Å². The summed E-state index contributed by atoms with van der Waals surface area (Å²) in [5.41, 5.74) is -0.790. The number of hydrogen-bond acceptors (Lipinski definition) is 5. The normalized spacial score (nSPS) is 14.3. The van der Waals surface area contributed by atoms with Gasteiger partial charge in [-0.05, 0) is 13.3 Å². The van der Waals surface area contributed by atoms with Crippen molar-refractivity contribution in [3.63, 3.8) is 0 Å². The predicted octanol–water partition coefficient (Wildman–Crippen LogP) is 1.71. The van der Waals surface area contributed by atoms with E-state index in [1.54, 1.807) is 6.92 Å². The fourth-order valence-corrected chi connectivity index (χ4v) is 1.13. The lowest BCUT2D eigenvalue weighted by atomic mass is 10.0. The van der Waals surface area contributed by atoms with Gasteiger partial charge in [-0.1, -0.05) is 18.5 Å². The number of ether oxygens (including phenoxy) is 1. The van der Waals surface area contributed by atoms with Crippen molar-refractivity contribution < 1.29 is 9.84 Å². The zero-order chi connectivity index (χ0) is 12.2. The molecule has 0 amide bonds. The summed E-state index contributed by atoms with van der Waals surface area (Å²) < 4.78 is 4.88. The van der Waals surface area contributed by atoms with Crippen molar-refractivity contribution in [2.75, 3.05) is 19.0 Å². The van der Waals surface area contributed by atoms with E-state index in [-0.39, 0.29) is 6.01 Å². The van der Waals surface area contributed by atoms with Crippen LogP contribution in [0.4, 0.5) is 5.82 Å². The number of hydrogen-bond donors (Lipinski definition) is 2. The van der Waals surface area contributed by atoms with Crippen molar-refractivity contribution in [1.82, 2.24) is 9.97 Å². The number of halogens is 1. The zero-order valence-corrected chi connectivity index (χ0v) is 10.4. The molecule has 0 aromatic carbocycles. The third-order valence-electron chi connectivity index (χ3n) is 2.30. The Hall–Kier alpha value is -1.07. The number of nitrogens with one attached hydrogen (secondary N) is 1. The second-order valence-electron chi connectivity index (χ2n) is 3.76. The summed E-state index contributed by atoms with van der Waals surface area (Å²) in [6.45, 7) is 4.01. The van der Waals surface area contributed by atoms with Crippen LogP contribution in [-0.2, 0) is 0 Å². The van der Waals surface area contributed by atoms with Crippen LogP contribution in [0.1, 0.15) is 20.3 Å². The minimum Gasteiger partial charge on any atom is -0.467 e. The summed E-state index contributed by atoms with van der Waals surface area (Å²) in [4.78, 5) is 7.89. The molecule has 1 atom stereocenters. The summed E-state index contributed by atoms with van der Waals surface area (Å²) in [5.74, 6) is 0.460. The van der Waals surface area contributed by atoms with E-state index in [9.17, 15) is 5.11 Å². The largest absolute Gasteiger partial charge is 0.467 e. The van der Waals surface area contributed by atoms with Gasteiger partial charge in [-0.15, -0.1) is 0 Å². The van der Waals surface area contributed by atoms with E-state index >= 15 is 0 Å². The Morgan fingerprint density at radius 3 is 2.88 bits per heavy atom. The minimum absolute atomic E-state index is 0.239. The van der Waals surface area contributed by atoms with Crippen LogP contribution >= 0.6 is 11.6 Å². The second-order valence-corrected chi connectivity index (χ2v) is 4.16. The average molecular weight is 246 g/mol. The van der Waals surface area contributed by atoms with E-state index in [4.69, 9.17) is 16.3 Å². The Labute approximate surface area is 99.8 Å². The smallest absolute Gasteiger partial charge is 0.318 e. The average Bonchev–Trinajstić information content (AvgIpc) is 2.28. The fraction of sp³-hybridized carbons (Fsp3) is 0.600. The number of rotatable bonds is 5. The van der Waals surface area contributed by atoms with Crippen LogP contribution in [-0.4, -0.2) is 34.3 Å². The van der Waals surface area contributed by atoms with E-state index < -0.39 is 5.60 Å². The molecular formula is C10H16ClN3O2. The molecule has 16 heavy (non-hydrogen) atoms. The molecule has 1 aromatic heterocycles. The molecule has 0 saturated carbocycles. The molecule has 0 bridgehead atoms. The molecule has 0 aliphatic carbocycles. The van der Waals surface area contributed by atoms with E-state index in [0.717, 1.165) is 0 Å². The van der Waals surface area contributed by atoms with Gasteiger partial charge in [-0.25, -0.2) is 4.98 Å². The molecule has 1 unspecified atom stereocenters. The van der Waals surface area contributed by atoms with Crippen molar-refractivity contribution in [3.8, 4) is 6.01 Å². The molecule has 0 radical (unpaired) electrons. The number of nitrogens with zero attached hydrogens (tertiary/aromatic N) is 2. The van der Waals surface area contributed by atoms with Gasteiger partial charge >= 0.3 is 6.01 Å². The Morgan fingerprint density at radius 2 is 2.31 bits per heavy atom. The Balaban J connectivity index is 2.73. The lowest BCUT2D eigenvalue weighted by Gasteiger charge is -2.22. The SMILES string of the molecule is CCC(C)(O)CNc1nc(OC)ncc1Cl. The van der Waals surface area contributed by atoms with E-state index in [1.807, 2.05) is 6.92 Å². The van der Waals surface area contributed by atoms with Crippen molar-refractivity contribution in [1.29, 1.82) is 0 Å². The first-order valence-electron chi connectivity index (χ1n) is 5.01.